The van der Waals surface area contributed by atoms with Crippen molar-refractivity contribution in [1.82, 2.24) is 18.7 Å². The van der Waals surface area contributed by atoms with E-state index < -0.39 is 0 Å². The molecule has 2 aromatic heterocycles. The Bertz CT molecular complexity index is 1120. The van der Waals surface area contributed by atoms with Crippen LogP contribution in [-0.2, 0) is 26.7 Å². The van der Waals surface area contributed by atoms with Gasteiger partial charge >= 0.3 is 5.69 Å². The molecule has 0 N–H and O–H groups in total. The zero-order valence-corrected chi connectivity index (χ0v) is 16.9. The average Bonchev–Trinajstić information content (AvgIpc) is 3.04. The second-order valence-corrected chi connectivity index (χ2v) is 8.32. The van der Waals surface area contributed by atoms with Crippen molar-refractivity contribution >= 4 is 17.1 Å². The lowest BCUT2D eigenvalue weighted by Crippen LogP contribution is -2.41. The fourth-order valence-electron chi connectivity index (χ4n) is 4.07. The van der Waals surface area contributed by atoms with Crippen LogP contribution in [0.3, 0.4) is 0 Å². The number of fused-ring (bicyclic) bond motifs is 3. The minimum absolute atomic E-state index is 0.208. The Balaban J connectivity index is 1.90. The highest BCUT2D eigenvalue weighted by molar-refractivity contribution is 5.75. The highest BCUT2D eigenvalue weighted by Crippen LogP contribution is 2.28. The van der Waals surface area contributed by atoms with Crippen molar-refractivity contribution < 1.29 is 0 Å². The van der Waals surface area contributed by atoms with Crippen molar-refractivity contribution in [2.24, 2.45) is 18.9 Å². The summed E-state index contributed by atoms with van der Waals surface area (Å²) < 4.78 is 4.86. The summed E-state index contributed by atoms with van der Waals surface area (Å²) in [6.45, 7) is 8.92. The van der Waals surface area contributed by atoms with E-state index in [4.69, 9.17) is 4.98 Å². The molecule has 1 atom stereocenters. The first-order chi connectivity index (χ1) is 13.4. The molecule has 1 aliphatic heterocycles. The number of hydrogen-bond donors (Lipinski definition) is 0. The maximum atomic E-state index is 13.2. The van der Waals surface area contributed by atoms with Crippen molar-refractivity contribution in [2.45, 2.75) is 40.4 Å². The molecule has 1 aromatic carbocycles. The van der Waals surface area contributed by atoms with Gasteiger partial charge in [0.25, 0.3) is 5.56 Å². The van der Waals surface area contributed by atoms with Gasteiger partial charge in [0.1, 0.15) is 0 Å². The summed E-state index contributed by atoms with van der Waals surface area (Å²) in [5.41, 5.74) is 1.66. The standard InChI is InChI=1S/C21H27N5O2/c1-14(2)10-26-19(27)17-18(23(4)21(26)28)22-20-24(11-15(3)12-25(17)20)13-16-8-6-5-7-9-16/h5-9,14-15H,10-13H2,1-4H3/t15-/m0/s1. The molecule has 4 rings (SSSR count). The molecule has 0 spiro atoms. The van der Waals surface area contributed by atoms with E-state index in [1.54, 1.807) is 7.05 Å². The summed E-state index contributed by atoms with van der Waals surface area (Å²) in [5, 5.41) is 0. The maximum absolute atomic E-state index is 13.2. The smallest absolute Gasteiger partial charge is 0.332 e. The monoisotopic (exact) mass is 381 g/mol. The Hall–Kier alpha value is -2.83. The van der Waals surface area contributed by atoms with Gasteiger partial charge in [0.2, 0.25) is 5.95 Å². The topological polar surface area (TPSA) is 65.1 Å². The predicted molar refractivity (Wildman–Crippen MR) is 111 cm³/mol. The largest absolute Gasteiger partial charge is 0.338 e. The molecule has 0 amide bonds. The number of benzene rings is 1. The number of aryl methyl sites for hydroxylation is 1. The number of aromatic nitrogens is 4. The highest BCUT2D eigenvalue weighted by Gasteiger charge is 2.29. The fraction of sp³-hybridized carbons (Fsp3) is 0.476. The van der Waals surface area contributed by atoms with E-state index in [9.17, 15) is 9.59 Å². The van der Waals surface area contributed by atoms with Gasteiger partial charge in [0.15, 0.2) is 11.2 Å². The van der Waals surface area contributed by atoms with Gasteiger partial charge in [-0.15, -0.1) is 0 Å². The molecule has 3 aromatic rings. The molecule has 0 unspecified atom stereocenters. The zero-order valence-electron chi connectivity index (χ0n) is 16.9. The minimum Gasteiger partial charge on any atom is -0.338 e. The number of imidazole rings is 1. The van der Waals surface area contributed by atoms with E-state index in [1.807, 2.05) is 36.6 Å². The first-order valence-electron chi connectivity index (χ1n) is 9.85. The number of hydrogen-bond acceptors (Lipinski definition) is 4. The van der Waals surface area contributed by atoms with Crippen molar-refractivity contribution in [1.29, 1.82) is 0 Å². The molecule has 0 saturated carbocycles. The van der Waals surface area contributed by atoms with Crippen molar-refractivity contribution in [3.05, 3.63) is 56.7 Å². The van der Waals surface area contributed by atoms with Crippen LogP contribution in [0.5, 0.6) is 0 Å². The van der Waals surface area contributed by atoms with Crippen molar-refractivity contribution in [3.63, 3.8) is 0 Å². The van der Waals surface area contributed by atoms with E-state index in [-0.39, 0.29) is 17.2 Å². The van der Waals surface area contributed by atoms with Crippen LogP contribution in [0.25, 0.3) is 11.2 Å². The van der Waals surface area contributed by atoms with Crippen LogP contribution >= 0.6 is 0 Å². The second-order valence-electron chi connectivity index (χ2n) is 8.32. The SMILES string of the molecule is CC(C)Cn1c(=O)c2c(nc3n2C[C@@H](C)CN3Cc2ccccc2)n(C)c1=O. The second kappa shape index (κ2) is 6.96. The average molecular weight is 381 g/mol. The number of rotatable bonds is 4. The van der Waals surface area contributed by atoms with Crippen LogP contribution in [0.2, 0.25) is 0 Å². The van der Waals surface area contributed by atoms with Crippen LogP contribution < -0.4 is 16.1 Å². The van der Waals surface area contributed by atoms with Gasteiger partial charge in [0.05, 0.1) is 0 Å². The lowest BCUT2D eigenvalue weighted by Gasteiger charge is -2.33. The van der Waals surface area contributed by atoms with Crippen LogP contribution in [0.1, 0.15) is 26.3 Å². The number of nitrogens with zero attached hydrogens (tertiary/aromatic N) is 5. The molecule has 1 aliphatic rings. The predicted octanol–water partition coefficient (Wildman–Crippen LogP) is 2.21. The Labute approximate surface area is 163 Å². The molecule has 0 radical (unpaired) electrons. The van der Waals surface area contributed by atoms with Crippen LogP contribution in [-0.4, -0.2) is 25.2 Å². The molecule has 0 saturated heterocycles. The third kappa shape index (κ3) is 3.04. The lowest BCUT2D eigenvalue weighted by molar-refractivity contribution is 0.433. The van der Waals surface area contributed by atoms with Gasteiger partial charge in [-0.25, -0.2) is 4.79 Å². The highest BCUT2D eigenvalue weighted by atomic mass is 16.2. The third-order valence-corrected chi connectivity index (χ3v) is 5.29. The Morgan fingerprint density at radius 3 is 2.54 bits per heavy atom. The summed E-state index contributed by atoms with van der Waals surface area (Å²) in [6.07, 6.45) is 0. The van der Waals surface area contributed by atoms with E-state index in [0.29, 0.717) is 23.6 Å². The molecule has 0 fully saturated rings. The molecular weight excluding hydrogens is 354 g/mol. The van der Waals surface area contributed by atoms with Crippen molar-refractivity contribution in [3.8, 4) is 0 Å². The Kier molecular flexibility index (Phi) is 4.61. The Morgan fingerprint density at radius 2 is 1.86 bits per heavy atom. The first kappa shape index (κ1) is 18.5. The van der Waals surface area contributed by atoms with E-state index in [1.165, 1.54) is 14.7 Å². The molecular formula is C21H27N5O2. The molecule has 7 nitrogen and oxygen atoms in total. The normalized spacial score (nSPS) is 16.8. The zero-order chi connectivity index (χ0) is 20.0. The van der Waals surface area contributed by atoms with Gasteiger partial charge in [-0.1, -0.05) is 51.1 Å². The lowest BCUT2D eigenvalue weighted by atomic mass is 10.1. The fourth-order valence-corrected chi connectivity index (χ4v) is 4.07. The summed E-state index contributed by atoms with van der Waals surface area (Å²) in [4.78, 5) is 32.9. The molecule has 0 bridgehead atoms. The Morgan fingerprint density at radius 1 is 1.14 bits per heavy atom. The summed E-state index contributed by atoms with van der Waals surface area (Å²) in [7, 11) is 1.70. The van der Waals surface area contributed by atoms with Crippen LogP contribution in [0.15, 0.2) is 39.9 Å². The molecule has 148 valence electrons. The molecule has 28 heavy (non-hydrogen) atoms. The maximum Gasteiger partial charge on any atom is 0.332 e. The molecule has 3 heterocycles. The third-order valence-electron chi connectivity index (χ3n) is 5.29. The van der Waals surface area contributed by atoms with Gasteiger partial charge in [-0.05, 0) is 17.4 Å². The van der Waals surface area contributed by atoms with E-state index in [0.717, 1.165) is 25.6 Å². The van der Waals surface area contributed by atoms with E-state index in [2.05, 4.69) is 24.0 Å². The molecule has 0 aliphatic carbocycles. The molecule has 7 heteroatoms. The minimum atomic E-state index is -0.302. The quantitative estimate of drug-likeness (QED) is 0.695. The first-order valence-corrected chi connectivity index (χ1v) is 9.85. The summed E-state index contributed by atoms with van der Waals surface area (Å²) in [6, 6.07) is 10.2. The van der Waals surface area contributed by atoms with Gasteiger partial charge in [-0.3, -0.25) is 13.9 Å². The summed E-state index contributed by atoms with van der Waals surface area (Å²) >= 11 is 0. The van der Waals surface area contributed by atoms with Crippen LogP contribution in [0, 0.1) is 11.8 Å². The van der Waals surface area contributed by atoms with Crippen LogP contribution in [0.4, 0.5) is 5.95 Å². The van der Waals surface area contributed by atoms with Gasteiger partial charge in [0, 0.05) is 33.2 Å². The van der Waals surface area contributed by atoms with Gasteiger partial charge in [-0.2, -0.15) is 4.98 Å². The van der Waals surface area contributed by atoms with Gasteiger partial charge < -0.3 is 9.47 Å². The summed E-state index contributed by atoms with van der Waals surface area (Å²) in [5.74, 6) is 1.36. The van der Waals surface area contributed by atoms with Crippen molar-refractivity contribution in [2.75, 3.05) is 11.4 Å². The number of anilines is 1. The van der Waals surface area contributed by atoms with E-state index >= 15 is 0 Å².